The second-order valence-corrected chi connectivity index (χ2v) is 4.17. The molecule has 0 aromatic rings. The van der Waals surface area contributed by atoms with Crippen molar-refractivity contribution in [2.75, 3.05) is 6.54 Å². The van der Waals surface area contributed by atoms with E-state index < -0.39 is 0 Å². The molecule has 1 rings (SSSR count). The van der Waals surface area contributed by atoms with Gasteiger partial charge in [0.1, 0.15) is 0 Å². The number of rotatable bonds is 2. The Morgan fingerprint density at radius 3 is 2.50 bits per heavy atom. The van der Waals surface area contributed by atoms with E-state index >= 15 is 0 Å². The summed E-state index contributed by atoms with van der Waals surface area (Å²) in [7, 11) is 0. The van der Waals surface area contributed by atoms with Crippen molar-refractivity contribution in [2.45, 2.75) is 38.0 Å². The number of amides is 1. The third kappa shape index (κ3) is 3.44. The molecule has 1 fully saturated rings. The molecule has 0 saturated heterocycles. The second-order valence-electron chi connectivity index (χ2n) is 3.56. The first-order valence-electron chi connectivity index (χ1n) is 4.57. The van der Waals surface area contributed by atoms with Gasteiger partial charge in [-0.3, -0.25) is 4.79 Å². The van der Waals surface area contributed by atoms with Crippen molar-refractivity contribution in [2.24, 2.45) is 5.92 Å². The molecule has 0 aromatic heterocycles. The van der Waals surface area contributed by atoms with Crippen LogP contribution in [0.15, 0.2) is 0 Å². The molecule has 0 aromatic carbocycles. The first-order valence-corrected chi connectivity index (χ1v) is 5.00. The maximum absolute atomic E-state index is 10.6. The fraction of sp³-hybridized carbons (Fsp3) is 0.889. The van der Waals surface area contributed by atoms with E-state index in [2.05, 4.69) is 5.32 Å². The van der Waals surface area contributed by atoms with Crippen LogP contribution in [0.5, 0.6) is 0 Å². The summed E-state index contributed by atoms with van der Waals surface area (Å²) >= 11 is 5.96. The molecule has 0 radical (unpaired) electrons. The number of hydrogen-bond donors (Lipinski definition) is 1. The molecule has 0 unspecified atom stereocenters. The monoisotopic (exact) mass is 189 g/mol. The zero-order valence-corrected chi connectivity index (χ0v) is 8.23. The van der Waals surface area contributed by atoms with E-state index in [0.717, 1.165) is 32.2 Å². The van der Waals surface area contributed by atoms with Crippen LogP contribution in [-0.4, -0.2) is 17.8 Å². The molecule has 70 valence electrons. The highest BCUT2D eigenvalue weighted by molar-refractivity contribution is 6.20. The Morgan fingerprint density at radius 1 is 1.42 bits per heavy atom. The molecule has 0 aliphatic heterocycles. The molecule has 0 bridgehead atoms. The summed E-state index contributed by atoms with van der Waals surface area (Å²) in [4.78, 5) is 10.6. The Balaban J connectivity index is 2.13. The molecule has 12 heavy (non-hydrogen) atoms. The van der Waals surface area contributed by atoms with Crippen molar-refractivity contribution >= 4 is 17.5 Å². The van der Waals surface area contributed by atoms with E-state index in [1.807, 2.05) is 0 Å². The van der Waals surface area contributed by atoms with Crippen LogP contribution in [-0.2, 0) is 4.79 Å². The lowest BCUT2D eigenvalue weighted by Crippen LogP contribution is -2.29. The third-order valence-corrected chi connectivity index (χ3v) is 2.85. The van der Waals surface area contributed by atoms with E-state index in [1.165, 1.54) is 0 Å². The Hall–Kier alpha value is -0.240. The molecule has 0 spiro atoms. The van der Waals surface area contributed by atoms with Gasteiger partial charge in [0.25, 0.3) is 0 Å². The van der Waals surface area contributed by atoms with Crippen LogP contribution in [0.3, 0.4) is 0 Å². The second kappa shape index (κ2) is 4.70. The van der Waals surface area contributed by atoms with Gasteiger partial charge in [-0.1, -0.05) is 0 Å². The lowest BCUT2D eigenvalue weighted by Gasteiger charge is -2.24. The van der Waals surface area contributed by atoms with Gasteiger partial charge in [-0.25, -0.2) is 0 Å². The van der Waals surface area contributed by atoms with Crippen molar-refractivity contribution in [3.63, 3.8) is 0 Å². The van der Waals surface area contributed by atoms with Gasteiger partial charge in [0.2, 0.25) is 5.91 Å². The number of alkyl halides is 1. The minimum absolute atomic E-state index is 0.0722. The van der Waals surface area contributed by atoms with Crippen LogP contribution < -0.4 is 5.32 Å². The zero-order chi connectivity index (χ0) is 8.97. The van der Waals surface area contributed by atoms with Gasteiger partial charge in [-0.05, 0) is 31.6 Å². The lowest BCUT2D eigenvalue weighted by molar-refractivity contribution is -0.119. The molecular weight excluding hydrogens is 174 g/mol. The summed E-state index contributed by atoms with van der Waals surface area (Å²) in [6, 6.07) is 0. The van der Waals surface area contributed by atoms with E-state index in [-0.39, 0.29) is 5.91 Å². The minimum atomic E-state index is 0.0722. The highest BCUT2D eigenvalue weighted by Crippen LogP contribution is 2.26. The normalized spacial score (nSPS) is 29.8. The fourth-order valence-corrected chi connectivity index (χ4v) is 1.87. The molecule has 1 saturated carbocycles. The highest BCUT2D eigenvalue weighted by atomic mass is 35.5. The molecule has 1 aliphatic carbocycles. The topological polar surface area (TPSA) is 29.1 Å². The van der Waals surface area contributed by atoms with E-state index in [0.29, 0.717) is 11.3 Å². The minimum Gasteiger partial charge on any atom is -0.356 e. The van der Waals surface area contributed by atoms with Crippen LogP contribution in [0.4, 0.5) is 0 Å². The summed E-state index contributed by atoms with van der Waals surface area (Å²) < 4.78 is 0. The van der Waals surface area contributed by atoms with E-state index in [1.54, 1.807) is 6.92 Å². The largest absolute Gasteiger partial charge is 0.356 e. The first kappa shape index (κ1) is 9.85. The van der Waals surface area contributed by atoms with Gasteiger partial charge >= 0.3 is 0 Å². The maximum atomic E-state index is 10.6. The van der Waals surface area contributed by atoms with Crippen LogP contribution >= 0.6 is 11.6 Å². The fourth-order valence-electron chi connectivity index (χ4n) is 1.61. The van der Waals surface area contributed by atoms with Crippen molar-refractivity contribution < 1.29 is 4.79 Å². The average Bonchev–Trinajstić information content (AvgIpc) is 2.03. The van der Waals surface area contributed by atoms with Crippen LogP contribution in [0, 0.1) is 5.92 Å². The van der Waals surface area contributed by atoms with Crippen LogP contribution in [0.2, 0.25) is 0 Å². The zero-order valence-electron chi connectivity index (χ0n) is 7.48. The molecular formula is C9H16ClNO. The maximum Gasteiger partial charge on any atom is 0.216 e. The number of carbonyl (C=O) groups is 1. The predicted octanol–water partition coefficient (Wildman–Crippen LogP) is 1.92. The molecule has 0 atom stereocenters. The van der Waals surface area contributed by atoms with Gasteiger partial charge in [0.05, 0.1) is 0 Å². The molecule has 3 heteroatoms. The molecule has 0 heterocycles. The number of halogens is 1. The Labute approximate surface area is 78.7 Å². The molecule has 2 nitrogen and oxygen atoms in total. The Kier molecular flexibility index (Phi) is 3.86. The number of carbonyl (C=O) groups excluding carboxylic acids is 1. The summed E-state index contributed by atoms with van der Waals surface area (Å²) in [6.45, 7) is 2.39. The third-order valence-electron chi connectivity index (χ3n) is 2.42. The van der Waals surface area contributed by atoms with Gasteiger partial charge in [-0.15, -0.1) is 11.6 Å². The lowest BCUT2D eigenvalue weighted by atomic mass is 9.89. The number of hydrogen-bond acceptors (Lipinski definition) is 1. The standard InChI is InChI=1S/C9H16ClNO/c1-7(12)11-6-8-2-4-9(10)5-3-8/h8-9H,2-6H2,1H3,(H,11,12). The van der Waals surface area contributed by atoms with Crippen molar-refractivity contribution in [1.82, 2.24) is 5.32 Å². The smallest absolute Gasteiger partial charge is 0.216 e. The van der Waals surface area contributed by atoms with Gasteiger partial charge in [0, 0.05) is 18.8 Å². The van der Waals surface area contributed by atoms with Gasteiger partial charge in [-0.2, -0.15) is 0 Å². The summed E-state index contributed by atoms with van der Waals surface area (Å²) in [5.74, 6) is 0.729. The molecule has 1 N–H and O–H groups in total. The number of nitrogens with one attached hydrogen (secondary N) is 1. The van der Waals surface area contributed by atoms with Crippen molar-refractivity contribution in [3.8, 4) is 0 Å². The van der Waals surface area contributed by atoms with E-state index in [9.17, 15) is 4.79 Å². The summed E-state index contributed by atoms with van der Waals surface area (Å²) in [6.07, 6.45) is 4.53. The molecule has 1 aliphatic rings. The van der Waals surface area contributed by atoms with Crippen molar-refractivity contribution in [3.05, 3.63) is 0 Å². The highest BCUT2D eigenvalue weighted by Gasteiger charge is 2.19. The Bertz CT molecular complexity index is 153. The van der Waals surface area contributed by atoms with Crippen LogP contribution in [0.25, 0.3) is 0 Å². The van der Waals surface area contributed by atoms with Crippen molar-refractivity contribution in [1.29, 1.82) is 0 Å². The first-order chi connectivity index (χ1) is 5.68. The summed E-state index contributed by atoms with van der Waals surface area (Å²) in [5, 5.41) is 3.22. The van der Waals surface area contributed by atoms with Gasteiger partial charge in [0.15, 0.2) is 0 Å². The van der Waals surface area contributed by atoms with Gasteiger partial charge < -0.3 is 5.32 Å². The summed E-state index contributed by atoms with van der Waals surface area (Å²) in [5.41, 5.74) is 0. The average molecular weight is 190 g/mol. The van der Waals surface area contributed by atoms with E-state index in [4.69, 9.17) is 11.6 Å². The predicted molar refractivity (Wildman–Crippen MR) is 50.3 cm³/mol. The molecule has 1 amide bonds. The Morgan fingerprint density at radius 2 is 2.00 bits per heavy atom. The quantitative estimate of drug-likeness (QED) is 0.661. The van der Waals surface area contributed by atoms with Crippen LogP contribution in [0.1, 0.15) is 32.6 Å². The SMILES string of the molecule is CC(=O)NCC1CCC(Cl)CC1.